The Bertz CT molecular complexity index is 592. The molecule has 0 spiro atoms. The minimum Gasteiger partial charge on any atom is -0.398 e. The summed E-state index contributed by atoms with van der Waals surface area (Å²) < 4.78 is 24.4. The molecule has 1 aliphatic rings. The van der Waals surface area contributed by atoms with Crippen LogP contribution in [-0.2, 0) is 14.6 Å². The number of amides is 1. The van der Waals surface area contributed by atoms with Gasteiger partial charge in [-0.15, -0.1) is 0 Å². The fourth-order valence-electron chi connectivity index (χ4n) is 1.83. The number of anilines is 1. The van der Waals surface area contributed by atoms with E-state index in [-0.39, 0.29) is 29.0 Å². The molecule has 0 aromatic heterocycles. The van der Waals surface area contributed by atoms with Crippen molar-refractivity contribution in [2.45, 2.75) is 37.1 Å². The van der Waals surface area contributed by atoms with E-state index in [0.29, 0.717) is 11.3 Å². The van der Waals surface area contributed by atoms with Crippen LogP contribution in [0.2, 0.25) is 0 Å². The lowest BCUT2D eigenvalue weighted by Gasteiger charge is -2.09. The molecule has 0 bridgehead atoms. The SMILES string of the molecule is Cc1c(N)cccc1S(=O)(=O)CCC(=O)NC1CC1. The summed E-state index contributed by atoms with van der Waals surface area (Å²) in [6.07, 6.45) is 1.98. The van der Waals surface area contributed by atoms with Crippen molar-refractivity contribution in [2.24, 2.45) is 0 Å². The lowest BCUT2D eigenvalue weighted by atomic mass is 10.2. The minimum absolute atomic E-state index is 0.00687. The van der Waals surface area contributed by atoms with E-state index in [1.807, 2.05) is 0 Å². The first kappa shape index (κ1) is 13.9. The van der Waals surface area contributed by atoms with Crippen molar-refractivity contribution in [1.29, 1.82) is 0 Å². The van der Waals surface area contributed by atoms with Crippen molar-refractivity contribution in [1.82, 2.24) is 5.32 Å². The summed E-state index contributed by atoms with van der Waals surface area (Å²) in [6.45, 7) is 1.67. The number of sulfone groups is 1. The largest absolute Gasteiger partial charge is 0.398 e. The smallest absolute Gasteiger partial charge is 0.221 e. The molecule has 5 nitrogen and oxygen atoms in total. The normalized spacial score (nSPS) is 15.2. The Morgan fingerprint density at radius 3 is 2.74 bits per heavy atom. The maximum atomic E-state index is 12.2. The van der Waals surface area contributed by atoms with Crippen molar-refractivity contribution in [2.75, 3.05) is 11.5 Å². The van der Waals surface area contributed by atoms with Crippen molar-refractivity contribution < 1.29 is 13.2 Å². The number of nitrogens with two attached hydrogens (primary N) is 1. The average Bonchev–Trinajstić information content (AvgIpc) is 3.14. The summed E-state index contributed by atoms with van der Waals surface area (Å²) in [7, 11) is -3.46. The van der Waals surface area contributed by atoms with Gasteiger partial charge in [-0.2, -0.15) is 0 Å². The molecule has 2 rings (SSSR count). The predicted molar refractivity (Wildman–Crippen MR) is 73.4 cm³/mol. The molecular formula is C13H18N2O3S. The van der Waals surface area contributed by atoms with Gasteiger partial charge in [0, 0.05) is 18.2 Å². The predicted octanol–water partition coefficient (Wildman–Crippen LogP) is 1.02. The first-order valence-corrected chi connectivity index (χ1v) is 7.92. The molecule has 104 valence electrons. The lowest BCUT2D eigenvalue weighted by Crippen LogP contribution is -2.27. The van der Waals surface area contributed by atoms with E-state index < -0.39 is 9.84 Å². The third-order valence-corrected chi connectivity index (χ3v) is 5.06. The molecule has 0 atom stereocenters. The van der Waals surface area contributed by atoms with Gasteiger partial charge in [0.15, 0.2) is 9.84 Å². The average molecular weight is 282 g/mol. The van der Waals surface area contributed by atoms with Crippen LogP contribution in [0, 0.1) is 6.92 Å². The van der Waals surface area contributed by atoms with Crippen molar-refractivity contribution in [3.05, 3.63) is 23.8 Å². The monoisotopic (exact) mass is 282 g/mol. The van der Waals surface area contributed by atoms with E-state index in [2.05, 4.69) is 5.32 Å². The van der Waals surface area contributed by atoms with Crippen LogP contribution in [0.15, 0.2) is 23.1 Å². The lowest BCUT2D eigenvalue weighted by molar-refractivity contribution is -0.120. The van der Waals surface area contributed by atoms with Crippen LogP contribution in [0.25, 0.3) is 0 Å². The third-order valence-electron chi connectivity index (χ3n) is 3.20. The Labute approximate surface area is 113 Å². The second kappa shape index (κ2) is 5.21. The van der Waals surface area contributed by atoms with Crippen LogP contribution in [0.5, 0.6) is 0 Å². The highest BCUT2D eigenvalue weighted by atomic mass is 32.2. The first-order chi connectivity index (χ1) is 8.90. The van der Waals surface area contributed by atoms with Gasteiger partial charge in [-0.05, 0) is 37.5 Å². The highest BCUT2D eigenvalue weighted by Crippen LogP contribution is 2.22. The number of hydrogen-bond acceptors (Lipinski definition) is 4. The van der Waals surface area contributed by atoms with Crippen molar-refractivity contribution in [3.8, 4) is 0 Å². The molecule has 0 radical (unpaired) electrons. The number of benzene rings is 1. The molecule has 0 aliphatic heterocycles. The molecule has 1 saturated carbocycles. The topological polar surface area (TPSA) is 89.3 Å². The maximum Gasteiger partial charge on any atom is 0.221 e. The number of hydrogen-bond donors (Lipinski definition) is 2. The maximum absolute atomic E-state index is 12.2. The molecule has 1 aliphatic carbocycles. The molecule has 0 heterocycles. The van der Waals surface area contributed by atoms with E-state index in [0.717, 1.165) is 12.8 Å². The second-order valence-corrected chi connectivity index (χ2v) is 6.96. The molecule has 1 fully saturated rings. The second-order valence-electron chi connectivity index (χ2n) is 4.88. The van der Waals surface area contributed by atoms with Gasteiger partial charge in [-0.25, -0.2) is 8.42 Å². The molecule has 0 unspecified atom stereocenters. The van der Waals surface area contributed by atoms with E-state index in [9.17, 15) is 13.2 Å². The van der Waals surface area contributed by atoms with Crippen molar-refractivity contribution in [3.63, 3.8) is 0 Å². The zero-order chi connectivity index (χ0) is 14.0. The number of carbonyl (C=O) groups is 1. The van der Waals surface area contributed by atoms with E-state index in [4.69, 9.17) is 5.73 Å². The number of rotatable bonds is 5. The molecule has 19 heavy (non-hydrogen) atoms. The number of nitrogen functional groups attached to an aromatic ring is 1. The summed E-state index contributed by atoms with van der Waals surface area (Å²) in [5.41, 5.74) is 6.70. The summed E-state index contributed by atoms with van der Waals surface area (Å²) in [5.74, 6) is -0.386. The van der Waals surface area contributed by atoms with Gasteiger partial charge in [0.05, 0.1) is 10.6 Å². The first-order valence-electron chi connectivity index (χ1n) is 6.27. The van der Waals surface area contributed by atoms with Gasteiger partial charge < -0.3 is 11.1 Å². The molecular weight excluding hydrogens is 264 g/mol. The standard InChI is InChI=1S/C13H18N2O3S/c1-9-11(14)3-2-4-12(9)19(17,18)8-7-13(16)15-10-5-6-10/h2-4,10H,5-8,14H2,1H3,(H,15,16). The van der Waals surface area contributed by atoms with Crippen LogP contribution in [0.1, 0.15) is 24.8 Å². The highest BCUT2D eigenvalue weighted by Gasteiger charge is 2.25. The fourth-order valence-corrected chi connectivity index (χ4v) is 3.38. The van der Waals surface area contributed by atoms with Gasteiger partial charge in [-0.3, -0.25) is 4.79 Å². The fraction of sp³-hybridized carbons (Fsp3) is 0.462. The molecule has 3 N–H and O–H groups in total. The Morgan fingerprint density at radius 1 is 1.42 bits per heavy atom. The minimum atomic E-state index is -3.46. The van der Waals surface area contributed by atoms with Crippen LogP contribution >= 0.6 is 0 Å². The van der Waals surface area contributed by atoms with E-state index in [1.54, 1.807) is 19.1 Å². The Morgan fingerprint density at radius 2 is 2.11 bits per heavy atom. The van der Waals surface area contributed by atoms with Crippen LogP contribution in [-0.4, -0.2) is 26.1 Å². The molecule has 1 aromatic rings. The van der Waals surface area contributed by atoms with Crippen molar-refractivity contribution >= 4 is 21.4 Å². The Kier molecular flexibility index (Phi) is 3.80. The quantitative estimate of drug-likeness (QED) is 0.789. The number of carbonyl (C=O) groups excluding carboxylic acids is 1. The summed E-state index contributed by atoms with van der Waals surface area (Å²) >= 11 is 0. The third kappa shape index (κ3) is 3.47. The zero-order valence-electron chi connectivity index (χ0n) is 10.8. The van der Waals surface area contributed by atoms with Crippen LogP contribution in [0.4, 0.5) is 5.69 Å². The summed E-state index contributed by atoms with van der Waals surface area (Å²) in [6, 6.07) is 5.05. The van der Waals surface area contributed by atoms with Crippen LogP contribution < -0.4 is 11.1 Å². The number of nitrogens with one attached hydrogen (secondary N) is 1. The van der Waals surface area contributed by atoms with Gasteiger partial charge in [0.25, 0.3) is 0 Å². The zero-order valence-corrected chi connectivity index (χ0v) is 11.7. The molecule has 6 heteroatoms. The molecule has 1 aromatic carbocycles. The van der Waals surface area contributed by atoms with Gasteiger partial charge >= 0.3 is 0 Å². The molecule has 1 amide bonds. The summed E-state index contributed by atoms with van der Waals surface area (Å²) in [5, 5.41) is 2.78. The van der Waals surface area contributed by atoms with Gasteiger partial charge in [0.2, 0.25) is 5.91 Å². The van der Waals surface area contributed by atoms with Gasteiger partial charge in [-0.1, -0.05) is 6.07 Å². The van der Waals surface area contributed by atoms with Crippen LogP contribution in [0.3, 0.4) is 0 Å². The highest BCUT2D eigenvalue weighted by molar-refractivity contribution is 7.91. The Balaban J connectivity index is 2.05. The summed E-state index contributed by atoms with van der Waals surface area (Å²) in [4.78, 5) is 11.7. The Hall–Kier alpha value is -1.56. The van der Waals surface area contributed by atoms with Gasteiger partial charge in [0.1, 0.15) is 0 Å². The van der Waals surface area contributed by atoms with E-state index >= 15 is 0 Å². The molecule has 0 saturated heterocycles. The van der Waals surface area contributed by atoms with E-state index in [1.165, 1.54) is 6.07 Å².